The number of benzene rings is 2. The molecule has 0 bridgehead atoms. The smallest absolute Gasteiger partial charge is 0.241 e. The molecule has 5 nitrogen and oxygen atoms in total. The van der Waals surface area contributed by atoms with Crippen LogP contribution >= 0.6 is 11.6 Å². The van der Waals surface area contributed by atoms with Crippen molar-refractivity contribution in [3.05, 3.63) is 53.6 Å². The van der Waals surface area contributed by atoms with E-state index < -0.39 is 0 Å². The van der Waals surface area contributed by atoms with E-state index in [1.54, 1.807) is 13.2 Å². The van der Waals surface area contributed by atoms with Gasteiger partial charge in [-0.25, -0.2) is 0 Å². The first-order valence-corrected chi connectivity index (χ1v) is 9.14. The average molecular weight is 374 g/mol. The van der Waals surface area contributed by atoms with Crippen molar-refractivity contribution in [2.75, 3.05) is 43.5 Å². The van der Waals surface area contributed by atoms with Gasteiger partial charge >= 0.3 is 0 Å². The van der Waals surface area contributed by atoms with Crippen molar-refractivity contribution in [2.45, 2.75) is 13.0 Å². The Morgan fingerprint density at radius 1 is 1.08 bits per heavy atom. The highest BCUT2D eigenvalue weighted by molar-refractivity contribution is 6.33. The number of nitrogens with zero attached hydrogens (tertiary/aromatic N) is 2. The van der Waals surface area contributed by atoms with E-state index >= 15 is 0 Å². The van der Waals surface area contributed by atoms with Crippen molar-refractivity contribution in [2.24, 2.45) is 0 Å². The molecule has 0 aromatic heterocycles. The summed E-state index contributed by atoms with van der Waals surface area (Å²) in [6, 6.07) is 15.2. The standard InChI is InChI=1S/C20H24ClN3O2/c1-15(20(25)22-19-6-4-3-5-18(19)21)23-11-13-24(14-12-23)16-7-9-17(26-2)10-8-16/h3-10,15H,11-14H2,1-2H3,(H,22,25)/t15-/m1/s1. The van der Waals surface area contributed by atoms with Crippen LogP contribution in [-0.4, -0.2) is 50.1 Å². The fourth-order valence-corrected chi connectivity index (χ4v) is 3.31. The normalized spacial score (nSPS) is 16.2. The fourth-order valence-electron chi connectivity index (χ4n) is 3.13. The van der Waals surface area contributed by atoms with Gasteiger partial charge in [-0.2, -0.15) is 0 Å². The molecule has 1 aliphatic heterocycles. The van der Waals surface area contributed by atoms with Crippen LogP contribution in [0.3, 0.4) is 0 Å². The number of halogens is 1. The number of para-hydroxylation sites is 1. The monoisotopic (exact) mass is 373 g/mol. The molecular formula is C20H24ClN3O2. The molecule has 1 atom stereocenters. The van der Waals surface area contributed by atoms with Crippen LogP contribution in [0.25, 0.3) is 0 Å². The zero-order valence-corrected chi connectivity index (χ0v) is 15.9. The Hall–Kier alpha value is -2.24. The Morgan fingerprint density at radius 3 is 2.35 bits per heavy atom. The number of carbonyl (C=O) groups excluding carboxylic acids is 1. The number of hydrogen-bond donors (Lipinski definition) is 1. The predicted octanol–water partition coefficient (Wildman–Crippen LogP) is 3.50. The lowest BCUT2D eigenvalue weighted by atomic mass is 10.2. The van der Waals surface area contributed by atoms with E-state index in [2.05, 4.69) is 27.2 Å². The summed E-state index contributed by atoms with van der Waals surface area (Å²) in [5.41, 5.74) is 1.83. The highest BCUT2D eigenvalue weighted by Crippen LogP contribution is 2.23. The van der Waals surface area contributed by atoms with Crippen molar-refractivity contribution in [3.63, 3.8) is 0 Å². The van der Waals surface area contributed by atoms with E-state index in [0.29, 0.717) is 10.7 Å². The van der Waals surface area contributed by atoms with Crippen LogP contribution in [0.4, 0.5) is 11.4 Å². The molecular weight excluding hydrogens is 350 g/mol. The quantitative estimate of drug-likeness (QED) is 0.871. The molecule has 26 heavy (non-hydrogen) atoms. The number of rotatable bonds is 5. The number of anilines is 2. The van der Waals surface area contributed by atoms with Crippen LogP contribution in [0.5, 0.6) is 5.75 Å². The number of ether oxygens (including phenoxy) is 1. The molecule has 6 heteroatoms. The van der Waals surface area contributed by atoms with Gasteiger partial charge in [-0.1, -0.05) is 23.7 Å². The van der Waals surface area contributed by atoms with E-state index in [9.17, 15) is 4.79 Å². The maximum Gasteiger partial charge on any atom is 0.241 e. The first-order chi connectivity index (χ1) is 12.6. The lowest BCUT2D eigenvalue weighted by Gasteiger charge is -2.38. The average Bonchev–Trinajstić information content (AvgIpc) is 2.69. The van der Waals surface area contributed by atoms with Gasteiger partial charge in [-0.05, 0) is 43.3 Å². The van der Waals surface area contributed by atoms with Crippen molar-refractivity contribution in [1.82, 2.24) is 4.90 Å². The Labute approximate surface area is 159 Å². The SMILES string of the molecule is COc1ccc(N2CCN([C@H](C)C(=O)Nc3ccccc3Cl)CC2)cc1. The van der Waals surface area contributed by atoms with Gasteiger partial charge in [0.15, 0.2) is 0 Å². The first-order valence-electron chi connectivity index (χ1n) is 8.77. The highest BCUT2D eigenvalue weighted by Gasteiger charge is 2.26. The second-order valence-corrected chi connectivity index (χ2v) is 6.77. The summed E-state index contributed by atoms with van der Waals surface area (Å²) < 4.78 is 5.21. The summed E-state index contributed by atoms with van der Waals surface area (Å²) >= 11 is 6.12. The molecule has 0 radical (unpaired) electrons. The van der Waals surface area contributed by atoms with Gasteiger partial charge in [0.1, 0.15) is 5.75 Å². The largest absolute Gasteiger partial charge is 0.497 e. The van der Waals surface area contributed by atoms with Gasteiger partial charge in [-0.15, -0.1) is 0 Å². The molecule has 0 unspecified atom stereocenters. The lowest BCUT2D eigenvalue weighted by Crippen LogP contribution is -2.52. The molecule has 0 saturated carbocycles. The third-order valence-electron chi connectivity index (χ3n) is 4.81. The Balaban J connectivity index is 1.55. The van der Waals surface area contributed by atoms with Gasteiger partial charge < -0.3 is 15.0 Å². The molecule has 0 aliphatic carbocycles. The number of hydrogen-bond acceptors (Lipinski definition) is 4. The first kappa shape index (κ1) is 18.5. The molecule has 2 aromatic carbocycles. The van der Waals surface area contributed by atoms with Gasteiger partial charge in [0, 0.05) is 31.9 Å². The molecule has 1 heterocycles. The minimum atomic E-state index is -0.204. The van der Waals surface area contributed by atoms with Gasteiger partial charge in [0.05, 0.1) is 23.9 Å². The molecule has 1 aliphatic rings. The summed E-state index contributed by atoms with van der Waals surface area (Å²) in [5.74, 6) is 0.827. The summed E-state index contributed by atoms with van der Waals surface area (Å²) in [6.07, 6.45) is 0. The van der Waals surface area contributed by atoms with Crippen LogP contribution in [0, 0.1) is 0 Å². The maximum atomic E-state index is 12.5. The number of nitrogens with one attached hydrogen (secondary N) is 1. The van der Waals surface area contributed by atoms with E-state index in [1.807, 2.05) is 37.3 Å². The highest BCUT2D eigenvalue weighted by atomic mass is 35.5. The van der Waals surface area contributed by atoms with Crippen LogP contribution < -0.4 is 15.0 Å². The van der Waals surface area contributed by atoms with Crippen LogP contribution in [-0.2, 0) is 4.79 Å². The third-order valence-corrected chi connectivity index (χ3v) is 5.14. The second-order valence-electron chi connectivity index (χ2n) is 6.37. The van der Waals surface area contributed by atoms with E-state index in [1.165, 1.54) is 5.69 Å². The van der Waals surface area contributed by atoms with Gasteiger partial charge in [0.2, 0.25) is 5.91 Å². The van der Waals surface area contributed by atoms with Crippen LogP contribution in [0.1, 0.15) is 6.92 Å². The predicted molar refractivity (Wildman–Crippen MR) is 106 cm³/mol. The van der Waals surface area contributed by atoms with Crippen LogP contribution in [0.2, 0.25) is 5.02 Å². The molecule has 0 spiro atoms. The summed E-state index contributed by atoms with van der Waals surface area (Å²) in [7, 11) is 1.67. The molecule has 138 valence electrons. The third kappa shape index (κ3) is 4.29. The lowest BCUT2D eigenvalue weighted by molar-refractivity contribution is -0.120. The van der Waals surface area contributed by atoms with Crippen molar-refractivity contribution >= 4 is 28.9 Å². The second kappa shape index (κ2) is 8.43. The van der Waals surface area contributed by atoms with Crippen molar-refractivity contribution in [1.29, 1.82) is 0 Å². The van der Waals surface area contributed by atoms with Crippen molar-refractivity contribution in [3.8, 4) is 5.75 Å². The van der Waals surface area contributed by atoms with E-state index in [-0.39, 0.29) is 11.9 Å². The number of amides is 1. The fraction of sp³-hybridized carbons (Fsp3) is 0.350. The zero-order valence-electron chi connectivity index (χ0n) is 15.1. The molecule has 2 aromatic rings. The molecule has 1 saturated heterocycles. The Morgan fingerprint density at radius 2 is 1.73 bits per heavy atom. The number of methoxy groups -OCH3 is 1. The van der Waals surface area contributed by atoms with Crippen LogP contribution in [0.15, 0.2) is 48.5 Å². The van der Waals surface area contributed by atoms with Gasteiger partial charge in [-0.3, -0.25) is 9.69 Å². The number of carbonyl (C=O) groups is 1. The maximum absolute atomic E-state index is 12.5. The molecule has 1 fully saturated rings. The zero-order chi connectivity index (χ0) is 18.5. The Kier molecular flexibility index (Phi) is 6.01. The summed E-state index contributed by atoms with van der Waals surface area (Å²) in [6.45, 7) is 5.38. The topological polar surface area (TPSA) is 44.8 Å². The molecule has 3 rings (SSSR count). The summed E-state index contributed by atoms with van der Waals surface area (Å²) in [5, 5.41) is 3.48. The van der Waals surface area contributed by atoms with E-state index in [4.69, 9.17) is 16.3 Å². The van der Waals surface area contributed by atoms with E-state index in [0.717, 1.165) is 31.9 Å². The molecule has 1 N–H and O–H groups in total. The van der Waals surface area contributed by atoms with Crippen molar-refractivity contribution < 1.29 is 9.53 Å². The van der Waals surface area contributed by atoms with Gasteiger partial charge in [0.25, 0.3) is 0 Å². The Bertz CT molecular complexity index is 743. The molecule has 1 amide bonds. The summed E-state index contributed by atoms with van der Waals surface area (Å²) in [4.78, 5) is 17.1. The number of piperazine rings is 1. The minimum Gasteiger partial charge on any atom is -0.497 e. The minimum absolute atomic E-state index is 0.0315.